The number of nitrogens with one attached hydrogen (secondary N) is 1. The summed E-state index contributed by atoms with van der Waals surface area (Å²) in [4.78, 5) is 29.9. The Morgan fingerprint density at radius 2 is 2.07 bits per heavy atom. The second-order valence-corrected chi connectivity index (χ2v) is 7.60. The Kier molecular flexibility index (Phi) is 4.95. The Bertz CT molecular complexity index is 908. The molecule has 146 valence electrons. The Morgan fingerprint density at radius 3 is 2.75 bits per heavy atom. The van der Waals surface area contributed by atoms with Gasteiger partial charge in [-0.2, -0.15) is 0 Å². The summed E-state index contributed by atoms with van der Waals surface area (Å²) in [7, 11) is 0. The van der Waals surface area contributed by atoms with Gasteiger partial charge in [-0.05, 0) is 61.8 Å². The molecule has 2 amide bonds. The van der Waals surface area contributed by atoms with Crippen LogP contribution in [-0.4, -0.2) is 47.9 Å². The zero-order chi connectivity index (χ0) is 19.7. The number of amides is 2. The number of likely N-dealkylation sites (tertiary alicyclic amines) is 1. The number of halogens is 1. The molecule has 2 aliphatic rings. The lowest BCUT2D eigenvalue weighted by Gasteiger charge is -2.37. The highest BCUT2D eigenvalue weighted by molar-refractivity contribution is 6.31. The third-order valence-corrected chi connectivity index (χ3v) is 5.79. The summed E-state index contributed by atoms with van der Waals surface area (Å²) in [6, 6.07) is 8.82. The summed E-state index contributed by atoms with van der Waals surface area (Å²) in [5, 5.41) is 3.65. The van der Waals surface area contributed by atoms with Crippen LogP contribution in [0, 0.1) is 0 Å². The van der Waals surface area contributed by atoms with E-state index in [2.05, 4.69) is 15.2 Å². The molecule has 1 aromatic heterocycles. The molecule has 0 aliphatic carbocycles. The van der Waals surface area contributed by atoms with Crippen molar-refractivity contribution in [3.05, 3.63) is 52.8 Å². The van der Waals surface area contributed by atoms with E-state index in [-0.39, 0.29) is 11.6 Å². The van der Waals surface area contributed by atoms with Gasteiger partial charge in [0.15, 0.2) is 0 Å². The van der Waals surface area contributed by atoms with Crippen molar-refractivity contribution in [1.29, 1.82) is 0 Å². The summed E-state index contributed by atoms with van der Waals surface area (Å²) >= 11 is 6.16. The van der Waals surface area contributed by atoms with Crippen LogP contribution in [0.25, 0.3) is 0 Å². The Labute approximate surface area is 167 Å². The van der Waals surface area contributed by atoms with Crippen LogP contribution in [0.2, 0.25) is 5.02 Å². The number of nitrogens with zero attached hydrogens (tertiary/aromatic N) is 2. The number of primary amides is 1. The van der Waals surface area contributed by atoms with Crippen LogP contribution in [0.1, 0.15) is 28.9 Å². The quantitative estimate of drug-likeness (QED) is 0.801. The molecule has 1 fully saturated rings. The van der Waals surface area contributed by atoms with Crippen molar-refractivity contribution in [2.75, 3.05) is 31.6 Å². The second-order valence-electron chi connectivity index (χ2n) is 7.16. The highest BCUT2D eigenvalue weighted by Gasteiger charge is 2.48. The Hall–Kier alpha value is -2.64. The number of anilines is 1. The van der Waals surface area contributed by atoms with E-state index >= 15 is 0 Å². The van der Waals surface area contributed by atoms with Gasteiger partial charge in [-0.15, -0.1) is 0 Å². The van der Waals surface area contributed by atoms with Crippen LogP contribution in [0.3, 0.4) is 0 Å². The van der Waals surface area contributed by atoms with Gasteiger partial charge >= 0.3 is 0 Å². The molecule has 7 nitrogen and oxygen atoms in total. The van der Waals surface area contributed by atoms with Gasteiger partial charge in [0.05, 0.1) is 11.6 Å². The predicted molar refractivity (Wildman–Crippen MR) is 106 cm³/mol. The monoisotopic (exact) mass is 400 g/mol. The van der Waals surface area contributed by atoms with E-state index in [4.69, 9.17) is 22.1 Å². The number of nitrogens with two attached hydrogens (primary N) is 1. The lowest BCUT2D eigenvalue weighted by atomic mass is 9.73. The maximum Gasteiger partial charge on any atom is 0.267 e. The van der Waals surface area contributed by atoms with E-state index in [9.17, 15) is 9.59 Å². The fourth-order valence-electron chi connectivity index (χ4n) is 3.94. The molecular weight excluding hydrogens is 380 g/mol. The molecule has 1 saturated heterocycles. The fraction of sp³-hybridized carbons (Fsp3) is 0.350. The van der Waals surface area contributed by atoms with E-state index in [1.54, 1.807) is 18.2 Å². The van der Waals surface area contributed by atoms with Crippen LogP contribution in [-0.2, 0) is 10.2 Å². The van der Waals surface area contributed by atoms with Gasteiger partial charge in [-0.25, -0.2) is 4.98 Å². The van der Waals surface area contributed by atoms with Gasteiger partial charge in [0.2, 0.25) is 5.91 Å². The number of benzene rings is 1. The lowest BCUT2D eigenvalue weighted by Crippen LogP contribution is -2.47. The number of piperidine rings is 1. The van der Waals surface area contributed by atoms with Crippen LogP contribution < -0.4 is 15.8 Å². The van der Waals surface area contributed by atoms with Gasteiger partial charge < -0.3 is 15.8 Å². The largest absolute Gasteiger partial charge is 0.491 e. The first-order valence-corrected chi connectivity index (χ1v) is 9.58. The van der Waals surface area contributed by atoms with Crippen molar-refractivity contribution >= 4 is 29.1 Å². The van der Waals surface area contributed by atoms with Crippen molar-refractivity contribution in [2.45, 2.75) is 18.3 Å². The molecule has 0 atom stereocenters. The van der Waals surface area contributed by atoms with Crippen molar-refractivity contribution in [2.24, 2.45) is 5.73 Å². The molecular formula is C20H21ClN4O3. The van der Waals surface area contributed by atoms with Gasteiger partial charge in [0.1, 0.15) is 18.1 Å². The molecule has 0 bridgehead atoms. The third-order valence-electron chi connectivity index (χ3n) is 5.55. The number of fused-ring (bicyclic) bond motifs is 2. The predicted octanol–water partition coefficient (Wildman–Crippen LogP) is 2.20. The standard InChI is InChI=1S/C20H21ClN4O3/c21-13-1-3-16-15(11-13)20(19(27)24-16)5-7-25(8-6-20)9-10-28-14-2-4-17(18(22)26)23-12-14/h1-4,11-12H,5-10H2,(H2,22,26)(H,24,27). The summed E-state index contributed by atoms with van der Waals surface area (Å²) in [6.45, 7) is 2.86. The summed E-state index contributed by atoms with van der Waals surface area (Å²) in [6.07, 6.45) is 3.00. The smallest absolute Gasteiger partial charge is 0.267 e. The normalized spacial score (nSPS) is 18.0. The van der Waals surface area contributed by atoms with E-state index in [1.807, 2.05) is 12.1 Å². The van der Waals surface area contributed by atoms with Gasteiger partial charge in [0, 0.05) is 17.3 Å². The summed E-state index contributed by atoms with van der Waals surface area (Å²) in [5.74, 6) is 0.103. The molecule has 0 radical (unpaired) electrons. The molecule has 28 heavy (non-hydrogen) atoms. The van der Waals surface area contributed by atoms with E-state index in [0.29, 0.717) is 17.4 Å². The first-order chi connectivity index (χ1) is 13.5. The topological polar surface area (TPSA) is 97.6 Å². The van der Waals surface area contributed by atoms with Crippen LogP contribution >= 0.6 is 11.6 Å². The molecule has 2 aromatic rings. The maximum atomic E-state index is 12.7. The number of hydrogen-bond donors (Lipinski definition) is 2. The summed E-state index contributed by atoms with van der Waals surface area (Å²) in [5.41, 5.74) is 6.79. The number of aromatic nitrogens is 1. The molecule has 2 aliphatic heterocycles. The van der Waals surface area contributed by atoms with Gasteiger partial charge in [-0.3, -0.25) is 14.5 Å². The highest BCUT2D eigenvalue weighted by atomic mass is 35.5. The van der Waals surface area contributed by atoms with Crippen molar-refractivity contribution in [3.8, 4) is 5.75 Å². The molecule has 8 heteroatoms. The first kappa shape index (κ1) is 18.7. The molecule has 3 N–H and O–H groups in total. The second kappa shape index (κ2) is 7.41. The van der Waals surface area contributed by atoms with Gasteiger partial charge in [-0.1, -0.05) is 11.6 Å². The Balaban J connectivity index is 1.32. The average Bonchev–Trinajstić information content (AvgIpc) is 2.95. The van der Waals surface area contributed by atoms with E-state index in [0.717, 1.165) is 43.7 Å². The van der Waals surface area contributed by atoms with E-state index < -0.39 is 11.3 Å². The minimum atomic E-state index is -0.562. The van der Waals surface area contributed by atoms with Crippen molar-refractivity contribution in [1.82, 2.24) is 9.88 Å². The fourth-order valence-corrected chi connectivity index (χ4v) is 4.12. The lowest BCUT2D eigenvalue weighted by molar-refractivity contribution is -0.122. The van der Waals surface area contributed by atoms with Gasteiger partial charge in [0.25, 0.3) is 5.91 Å². The average molecular weight is 401 g/mol. The van der Waals surface area contributed by atoms with Crippen LogP contribution in [0.15, 0.2) is 36.5 Å². The number of carbonyl (C=O) groups excluding carboxylic acids is 2. The number of ether oxygens (including phenoxy) is 1. The van der Waals surface area contributed by atoms with Crippen molar-refractivity contribution in [3.63, 3.8) is 0 Å². The number of carbonyl (C=O) groups is 2. The molecule has 1 aromatic carbocycles. The third kappa shape index (κ3) is 3.43. The molecule has 3 heterocycles. The zero-order valence-electron chi connectivity index (χ0n) is 15.3. The molecule has 0 saturated carbocycles. The van der Waals surface area contributed by atoms with Crippen LogP contribution in [0.4, 0.5) is 5.69 Å². The zero-order valence-corrected chi connectivity index (χ0v) is 16.0. The van der Waals surface area contributed by atoms with E-state index in [1.165, 1.54) is 6.20 Å². The number of pyridine rings is 1. The molecule has 0 unspecified atom stereocenters. The summed E-state index contributed by atoms with van der Waals surface area (Å²) < 4.78 is 5.70. The Morgan fingerprint density at radius 1 is 1.29 bits per heavy atom. The maximum absolute atomic E-state index is 12.7. The van der Waals surface area contributed by atoms with Crippen molar-refractivity contribution < 1.29 is 14.3 Å². The minimum absolute atomic E-state index is 0.0706. The SMILES string of the molecule is NC(=O)c1ccc(OCCN2CCC3(CC2)C(=O)Nc2ccc(Cl)cc23)cn1. The first-order valence-electron chi connectivity index (χ1n) is 9.20. The van der Waals surface area contributed by atoms with Crippen LogP contribution in [0.5, 0.6) is 5.75 Å². The number of rotatable bonds is 5. The highest BCUT2D eigenvalue weighted by Crippen LogP contribution is 2.45. The molecule has 1 spiro atoms. The number of hydrogen-bond acceptors (Lipinski definition) is 5. The molecule has 4 rings (SSSR count). The minimum Gasteiger partial charge on any atom is -0.491 e.